The van der Waals surface area contributed by atoms with Gasteiger partial charge in [-0.2, -0.15) is 0 Å². The average molecular weight is 332 g/mol. The Balaban J connectivity index is 0.00000242. The molecule has 128 valence electrons. The van der Waals surface area contributed by atoms with Crippen LogP contribution in [0.3, 0.4) is 0 Å². The first-order valence-corrected chi connectivity index (χ1v) is 8.30. The van der Waals surface area contributed by atoms with Crippen LogP contribution in [0.4, 0.5) is 0 Å². The van der Waals surface area contributed by atoms with Crippen molar-refractivity contribution in [2.24, 2.45) is 11.1 Å². The van der Waals surface area contributed by atoms with Gasteiger partial charge >= 0.3 is 0 Å². The molecule has 1 saturated carbocycles. The molecular formula is C16H30ClN3O2. The van der Waals surface area contributed by atoms with Crippen molar-refractivity contribution >= 4 is 24.2 Å². The van der Waals surface area contributed by atoms with Gasteiger partial charge in [0.15, 0.2) is 0 Å². The number of hydrogen-bond acceptors (Lipinski definition) is 3. The van der Waals surface area contributed by atoms with E-state index in [0.717, 1.165) is 38.8 Å². The molecule has 1 heterocycles. The van der Waals surface area contributed by atoms with Crippen LogP contribution in [-0.4, -0.2) is 42.4 Å². The molecule has 0 aromatic carbocycles. The second kappa shape index (κ2) is 8.73. The Labute approximate surface area is 139 Å². The summed E-state index contributed by atoms with van der Waals surface area (Å²) in [5.74, 6) is 0.271. The molecule has 2 amide bonds. The maximum absolute atomic E-state index is 12.3. The monoisotopic (exact) mass is 331 g/mol. The molecule has 22 heavy (non-hydrogen) atoms. The van der Waals surface area contributed by atoms with E-state index in [2.05, 4.69) is 5.32 Å². The van der Waals surface area contributed by atoms with Crippen LogP contribution in [0.5, 0.6) is 0 Å². The van der Waals surface area contributed by atoms with Crippen molar-refractivity contribution in [2.45, 2.75) is 64.3 Å². The molecule has 0 aromatic heterocycles. The predicted octanol–water partition coefficient (Wildman–Crippen LogP) is 1.83. The molecule has 6 heteroatoms. The van der Waals surface area contributed by atoms with Crippen molar-refractivity contribution in [1.29, 1.82) is 0 Å². The summed E-state index contributed by atoms with van der Waals surface area (Å²) in [7, 11) is 0. The van der Waals surface area contributed by atoms with Crippen LogP contribution in [0.15, 0.2) is 0 Å². The maximum Gasteiger partial charge on any atom is 0.220 e. The third-order valence-electron chi connectivity index (χ3n) is 5.19. The molecule has 2 aliphatic rings. The summed E-state index contributed by atoms with van der Waals surface area (Å²) >= 11 is 0. The summed E-state index contributed by atoms with van der Waals surface area (Å²) in [6.07, 6.45) is 8.12. The largest absolute Gasteiger partial charge is 0.353 e. The van der Waals surface area contributed by atoms with Crippen LogP contribution in [0, 0.1) is 5.41 Å². The van der Waals surface area contributed by atoms with Crippen LogP contribution in [0.2, 0.25) is 0 Å². The van der Waals surface area contributed by atoms with E-state index < -0.39 is 0 Å². The van der Waals surface area contributed by atoms with E-state index >= 15 is 0 Å². The summed E-state index contributed by atoms with van der Waals surface area (Å²) in [5.41, 5.74) is 5.98. The van der Waals surface area contributed by atoms with Crippen LogP contribution >= 0.6 is 12.4 Å². The number of likely N-dealkylation sites (tertiary alicyclic amines) is 1. The number of nitrogens with one attached hydrogen (secondary N) is 1. The molecule has 1 aliphatic carbocycles. The summed E-state index contributed by atoms with van der Waals surface area (Å²) in [4.78, 5) is 25.5. The lowest BCUT2D eigenvalue weighted by atomic mass is 9.71. The average Bonchev–Trinajstić information content (AvgIpc) is 2.48. The molecule has 2 fully saturated rings. The number of nitrogens with two attached hydrogens (primary N) is 1. The first-order chi connectivity index (χ1) is 10.0. The van der Waals surface area contributed by atoms with E-state index in [9.17, 15) is 9.59 Å². The molecule has 3 N–H and O–H groups in total. The lowest BCUT2D eigenvalue weighted by molar-refractivity contribution is -0.130. The van der Waals surface area contributed by atoms with E-state index in [4.69, 9.17) is 5.73 Å². The predicted molar refractivity (Wildman–Crippen MR) is 89.9 cm³/mol. The molecule has 0 unspecified atom stereocenters. The quantitative estimate of drug-likeness (QED) is 0.825. The van der Waals surface area contributed by atoms with Gasteiger partial charge in [-0.25, -0.2) is 0 Å². The third-order valence-corrected chi connectivity index (χ3v) is 5.19. The van der Waals surface area contributed by atoms with E-state index in [-0.39, 0.29) is 35.7 Å². The summed E-state index contributed by atoms with van der Waals surface area (Å²) in [6.45, 7) is 3.72. The molecule has 0 bridgehead atoms. The minimum atomic E-state index is 0. The molecule has 0 spiro atoms. The topological polar surface area (TPSA) is 75.4 Å². The Morgan fingerprint density at radius 1 is 1.18 bits per heavy atom. The van der Waals surface area contributed by atoms with Gasteiger partial charge in [-0.1, -0.05) is 19.3 Å². The highest BCUT2D eigenvalue weighted by Gasteiger charge is 2.33. The zero-order valence-corrected chi connectivity index (χ0v) is 14.4. The number of nitrogens with zero attached hydrogens (tertiary/aromatic N) is 1. The number of halogens is 1. The minimum Gasteiger partial charge on any atom is -0.353 e. The van der Waals surface area contributed by atoms with Gasteiger partial charge in [-0.3, -0.25) is 9.59 Å². The van der Waals surface area contributed by atoms with E-state index in [1.807, 2.05) is 4.90 Å². The van der Waals surface area contributed by atoms with Crippen molar-refractivity contribution in [2.75, 3.05) is 19.6 Å². The molecule has 1 saturated heterocycles. The van der Waals surface area contributed by atoms with Gasteiger partial charge in [0.05, 0.1) is 0 Å². The SMILES string of the molecule is CC(=O)N1CCC(NC(=O)CC2(CN)CCCCC2)CC1.Cl. The second-order valence-corrected chi connectivity index (χ2v) is 6.79. The lowest BCUT2D eigenvalue weighted by Gasteiger charge is -2.37. The zero-order valence-electron chi connectivity index (χ0n) is 13.6. The van der Waals surface area contributed by atoms with E-state index in [1.54, 1.807) is 6.92 Å². The standard InChI is InChI=1S/C16H29N3O2.ClH/c1-13(20)19-9-5-14(6-10-19)18-15(21)11-16(12-17)7-3-2-4-8-16;/h14H,2-12,17H2,1H3,(H,18,21);1H. The van der Waals surface area contributed by atoms with Crippen molar-refractivity contribution in [3.8, 4) is 0 Å². The van der Waals surface area contributed by atoms with Gasteiger partial charge in [0, 0.05) is 32.5 Å². The van der Waals surface area contributed by atoms with Gasteiger partial charge < -0.3 is 16.0 Å². The van der Waals surface area contributed by atoms with Crippen molar-refractivity contribution in [3.05, 3.63) is 0 Å². The number of hydrogen-bond donors (Lipinski definition) is 2. The molecule has 0 radical (unpaired) electrons. The fraction of sp³-hybridized carbons (Fsp3) is 0.875. The molecule has 2 rings (SSSR count). The molecular weight excluding hydrogens is 302 g/mol. The van der Waals surface area contributed by atoms with Crippen LogP contribution in [0.25, 0.3) is 0 Å². The van der Waals surface area contributed by atoms with Gasteiger partial charge in [0.2, 0.25) is 11.8 Å². The van der Waals surface area contributed by atoms with Crippen LogP contribution in [0.1, 0.15) is 58.3 Å². The number of piperidine rings is 1. The molecule has 5 nitrogen and oxygen atoms in total. The Morgan fingerprint density at radius 3 is 2.27 bits per heavy atom. The van der Waals surface area contributed by atoms with Gasteiger partial charge in [-0.15, -0.1) is 12.4 Å². The first-order valence-electron chi connectivity index (χ1n) is 8.30. The van der Waals surface area contributed by atoms with Crippen LogP contribution in [-0.2, 0) is 9.59 Å². The fourth-order valence-corrected chi connectivity index (χ4v) is 3.71. The highest BCUT2D eigenvalue weighted by molar-refractivity contribution is 5.85. The Kier molecular flexibility index (Phi) is 7.63. The van der Waals surface area contributed by atoms with Crippen LogP contribution < -0.4 is 11.1 Å². The highest BCUT2D eigenvalue weighted by Crippen LogP contribution is 2.38. The fourth-order valence-electron chi connectivity index (χ4n) is 3.71. The summed E-state index contributed by atoms with van der Waals surface area (Å²) in [6, 6.07) is 0.214. The van der Waals surface area contributed by atoms with E-state index in [1.165, 1.54) is 19.3 Å². The van der Waals surface area contributed by atoms with Gasteiger partial charge in [-0.05, 0) is 37.6 Å². The summed E-state index contributed by atoms with van der Waals surface area (Å²) in [5, 5.41) is 3.15. The second-order valence-electron chi connectivity index (χ2n) is 6.79. The Bertz CT molecular complexity index is 376. The van der Waals surface area contributed by atoms with Gasteiger partial charge in [0.25, 0.3) is 0 Å². The zero-order chi connectivity index (χ0) is 15.3. The molecule has 0 atom stereocenters. The Morgan fingerprint density at radius 2 is 1.77 bits per heavy atom. The smallest absolute Gasteiger partial charge is 0.220 e. The van der Waals surface area contributed by atoms with Gasteiger partial charge in [0.1, 0.15) is 0 Å². The first kappa shape index (κ1) is 19.2. The molecule has 1 aliphatic heterocycles. The van der Waals surface area contributed by atoms with Crippen molar-refractivity contribution in [3.63, 3.8) is 0 Å². The van der Waals surface area contributed by atoms with Crippen molar-refractivity contribution in [1.82, 2.24) is 10.2 Å². The summed E-state index contributed by atoms with van der Waals surface area (Å²) < 4.78 is 0. The number of amides is 2. The highest BCUT2D eigenvalue weighted by atomic mass is 35.5. The number of carbonyl (C=O) groups excluding carboxylic acids is 2. The Hall–Kier alpha value is -0.810. The van der Waals surface area contributed by atoms with Crippen molar-refractivity contribution < 1.29 is 9.59 Å². The minimum absolute atomic E-state index is 0. The number of carbonyl (C=O) groups is 2. The third kappa shape index (κ3) is 5.13. The number of rotatable bonds is 4. The van der Waals surface area contributed by atoms with E-state index in [0.29, 0.717) is 13.0 Å². The molecule has 0 aromatic rings. The lowest BCUT2D eigenvalue weighted by Crippen LogP contribution is -2.47. The maximum atomic E-state index is 12.3. The normalized spacial score (nSPS) is 21.8.